The van der Waals surface area contributed by atoms with Gasteiger partial charge in [0.25, 0.3) is 0 Å². The Kier molecular flexibility index (Phi) is 8.51. The monoisotopic (exact) mass is 298 g/mol. The number of carbonyl (C=O) groups is 2. The van der Waals surface area contributed by atoms with Crippen LogP contribution in [0.15, 0.2) is 47.6 Å². The summed E-state index contributed by atoms with van der Waals surface area (Å²) in [7, 11) is 0. The van der Waals surface area contributed by atoms with Gasteiger partial charge in [-0.2, -0.15) is 41.5 Å². The maximum absolute atomic E-state index is 10.5. The fourth-order valence-corrected chi connectivity index (χ4v) is 1.34. The van der Waals surface area contributed by atoms with Crippen molar-refractivity contribution < 1.29 is 31.8 Å². The van der Waals surface area contributed by atoms with E-state index in [9.17, 15) is 9.59 Å². The van der Waals surface area contributed by atoms with Crippen LogP contribution in [-0.2, 0) is 26.7 Å². The minimum Gasteiger partial charge on any atom is -0.479 e. The number of hydrogen-bond donors (Lipinski definition) is 1. The van der Waals surface area contributed by atoms with Gasteiger partial charge in [0.2, 0.25) is 0 Å². The Morgan fingerprint density at radius 2 is 1.84 bits per heavy atom. The van der Waals surface area contributed by atoms with Crippen LogP contribution in [0.2, 0.25) is 0 Å². The van der Waals surface area contributed by atoms with Gasteiger partial charge in [0.05, 0.1) is 0 Å². The van der Waals surface area contributed by atoms with Gasteiger partial charge in [-0.05, 0) is 13.0 Å². The maximum Gasteiger partial charge on any atom is 2.00 e. The molecular formula is C15H14FeO3. The maximum atomic E-state index is 10.5. The molecule has 0 unspecified atom stereocenters. The zero-order valence-corrected chi connectivity index (χ0v) is 11.6. The number of aliphatic carboxylic acids is 1. The van der Waals surface area contributed by atoms with E-state index in [1.165, 1.54) is 6.08 Å². The molecule has 0 aromatic heterocycles. The van der Waals surface area contributed by atoms with E-state index in [1.807, 2.05) is 24.3 Å². The number of rotatable bonds is 3. The molecule has 4 heteroatoms. The molecule has 100 valence electrons. The summed E-state index contributed by atoms with van der Waals surface area (Å²) in [5, 5.41) is 8.22. The normalized spacial score (nSPS) is 15.4. The van der Waals surface area contributed by atoms with Crippen LogP contribution in [0.4, 0.5) is 0 Å². The summed E-state index contributed by atoms with van der Waals surface area (Å²) in [6, 6.07) is 0. The second-order valence-electron chi connectivity index (χ2n) is 3.66. The van der Waals surface area contributed by atoms with E-state index in [-0.39, 0.29) is 22.9 Å². The molecule has 19 heavy (non-hydrogen) atoms. The second kappa shape index (κ2) is 9.31. The molecule has 0 spiro atoms. The summed E-state index contributed by atoms with van der Waals surface area (Å²) in [6.07, 6.45) is 17.6. The van der Waals surface area contributed by atoms with E-state index in [1.54, 1.807) is 6.92 Å². The Balaban J connectivity index is 0.000000331. The minimum atomic E-state index is -0.922. The molecular weight excluding hydrogens is 284 g/mol. The molecule has 0 heterocycles. The predicted molar refractivity (Wildman–Crippen MR) is 68.5 cm³/mol. The molecule has 2 aliphatic carbocycles. The molecule has 0 amide bonds. The van der Waals surface area contributed by atoms with Crippen molar-refractivity contribution in [3.63, 3.8) is 0 Å². The van der Waals surface area contributed by atoms with Crippen LogP contribution in [0.1, 0.15) is 19.8 Å². The fourth-order valence-electron chi connectivity index (χ4n) is 1.34. The molecule has 2 aliphatic rings. The van der Waals surface area contributed by atoms with E-state index in [0.717, 1.165) is 30.1 Å². The van der Waals surface area contributed by atoms with Crippen molar-refractivity contribution in [1.29, 1.82) is 0 Å². The van der Waals surface area contributed by atoms with E-state index in [2.05, 4.69) is 12.2 Å². The molecule has 0 aromatic carbocycles. The van der Waals surface area contributed by atoms with Gasteiger partial charge in [-0.3, -0.25) is 0 Å². The fraction of sp³-hybridized carbons (Fsp3) is 0.200. The van der Waals surface area contributed by atoms with Crippen LogP contribution >= 0.6 is 0 Å². The first kappa shape index (κ1) is 17.4. The Morgan fingerprint density at radius 1 is 1.21 bits per heavy atom. The first-order valence-corrected chi connectivity index (χ1v) is 5.56. The van der Waals surface area contributed by atoms with E-state index >= 15 is 0 Å². The van der Waals surface area contributed by atoms with Crippen LogP contribution in [-0.4, -0.2) is 16.9 Å². The standard InChI is InChI=1S/C8H7O2.C7H7O.Fe/c9-8(10)6-5-7-3-1-2-4-7;1-6(8)7-4-2-3-5-7;/h1,3,5-6H,2H2,(H,9,10);2,4H,3H2,1H3;/q2*-1;+2/b6-5+;;. The summed E-state index contributed by atoms with van der Waals surface area (Å²) in [6.45, 7) is 1.55. The van der Waals surface area contributed by atoms with Crippen LogP contribution in [0.5, 0.6) is 0 Å². The van der Waals surface area contributed by atoms with Crippen LogP contribution in [0.25, 0.3) is 0 Å². The molecule has 0 aromatic rings. The van der Waals surface area contributed by atoms with Crippen molar-refractivity contribution in [2.24, 2.45) is 0 Å². The third-order valence-electron chi connectivity index (χ3n) is 2.20. The van der Waals surface area contributed by atoms with Gasteiger partial charge < -0.3 is 9.90 Å². The van der Waals surface area contributed by atoms with Gasteiger partial charge in [0, 0.05) is 5.78 Å². The van der Waals surface area contributed by atoms with Gasteiger partial charge in [0.1, 0.15) is 0 Å². The molecule has 0 aliphatic heterocycles. The molecule has 0 atom stereocenters. The number of carboxylic acids is 1. The molecule has 0 saturated heterocycles. The number of carbonyl (C=O) groups excluding carboxylic acids is 1. The van der Waals surface area contributed by atoms with Crippen molar-refractivity contribution in [2.45, 2.75) is 19.8 Å². The van der Waals surface area contributed by atoms with Crippen molar-refractivity contribution in [2.75, 3.05) is 0 Å². The summed E-state index contributed by atoms with van der Waals surface area (Å²) in [4.78, 5) is 20.5. The van der Waals surface area contributed by atoms with Gasteiger partial charge in [-0.1, -0.05) is 12.8 Å². The zero-order valence-electron chi connectivity index (χ0n) is 10.5. The van der Waals surface area contributed by atoms with E-state index in [0.29, 0.717) is 0 Å². The average Bonchev–Trinajstić information content (AvgIpc) is 3.00. The van der Waals surface area contributed by atoms with Gasteiger partial charge in [0.15, 0.2) is 0 Å². The second-order valence-corrected chi connectivity index (χ2v) is 3.66. The topological polar surface area (TPSA) is 54.4 Å². The first-order chi connectivity index (χ1) is 8.59. The summed E-state index contributed by atoms with van der Waals surface area (Å²) >= 11 is 0. The molecule has 1 N–H and O–H groups in total. The first-order valence-electron chi connectivity index (χ1n) is 5.56. The summed E-state index contributed by atoms with van der Waals surface area (Å²) in [5.41, 5.74) is 1.58. The van der Waals surface area contributed by atoms with E-state index in [4.69, 9.17) is 5.11 Å². The third-order valence-corrected chi connectivity index (χ3v) is 2.20. The minimum absolute atomic E-state index is 0. The SMILES string of the molecule is CC(=O)C1=[C-]CC=C1.O=C(O)/C=C/C1=[C-]CC=C1.[Fe+2]. The van der Waals surface area contributed by atoms with Crippen LogP contribution < -0.4 is 0 Å². The molecule has 0 bridgehead atoms. The average molecular weight is 298 g/mol. The van der Waals surface area contributed by atoms with E-state index < -0.39 is 5.97 Å². The number of ketones is 1. The molecule has 0 fully saturated rings. The predicted octanol–water partition coefficient (Wildman–Crippen LogP) is 2.58. The quantitative estimate of drug-likeness (QED) is 0.495. The van der Waals surface area contributed by atoms with Crippen molar-refractivity contribution in [1.82, 2.24) is 0 Å². The molecule has 0 saturated carbocycles. The van der Waals surface area contributed by atoms with Crippen LogP contribution in [0.3, 0.4) is 0 Å². The van der Waals surface area contributed by atoms with Gasteiger partial charge >= 0.3 is 23.0 Å². The third kappa shape index (κ3) is 7.39. The summed E-state index contributed by atoms with van der Waals surface area (Å²) in [5.74, 6) is -0.812. The smallest absolute Gasteiger partial charge is 0.479 e. The Hall–Kier alpha value is -1.64. The Labute approximate surface area is 123 Å². The number of carboxylic acid groups (broad SMARTS) is 1. The number of allylic oxidation sites excluding steroid dienone is 9. The van der Waals surface area contributed by atoms with Crippen LogP contribution in [0, 0.1) is 12.2 Å². The Bertz CT molecular complexity index is 480. The van der Waals surface area contributed by atoms with Crippen molar-refractivity contribution >= 4 is 11.8 Å². The van der Waals surface area contributed by atoms with Crippen molar-refractivity contribution in [3.05, 3.63) is 59.8 Å². The zero-order chi connectivity index (χ0) is 13.4. The number of hydrogen-bond acceptors (Lipinski definition) is 2. The molecule has 0 radical (unpaired) electrons. The van der Waals surface area contributed by atoms with Gasteiger partial charge in [-0.25, -0.2) is 4.79 Å². The Morgan fingerprint density at radius 3 is 2.21 bits per heavy atom. The molecule has 2 rings (SSSR count). The molecule has 3 nitrogen and oxygen atoms in total. The summed E-state index contributed by atoms with van der Waals surface area (Å²) < 4.78 is 0. The van der Waals surface area contributed by atoms with Crippen molar-refractivity contribution in [3.8, 4) is 0 Å². The van der Waals surface area contributed by atoms with Gasteiger partial charge in [-0.15, -0.1) is 12.2 Å². The number of Topliss-reactive ketones (excluding diaryl/α,β-unsaturated/α-hetero) is 1. The largest absolute Gasteiger partial charge is 2.00 e.